The maximum absolute atomic E-state index is 11.4. The van der Waals surface area contributed by atoms with Crippen LogP contribution in [-0.4, -0.2) is 48.3 Å². The van der Waals surface area contributed by atoms with E-state index in [1.165, 1.54) is 0 Å². The summed E-state index contributed by atoms with van der Waals surface area (Å²) in [5.74, 6) is 0.501. The van der Waals surface area contributed by atoms with E-state index in [9.17, 15) is 13.2 Å². The minimum Gasteiger partial charge on any atom is -0.416 e. The van der Waals surface area contributed by atoms with Gasteiger partial charge in [0, 0.05) is 6.54 Å². The van der Waals surface area contributed by atoms with Crippen LogP contribution in [0.5, 0.6) is 0 Å². The van der Waals surface area contributed by atoms with E-state index >= 15 is 0 Å². The molecule has 1 saturated heterocycles. The van der Waals surface area contributed by atoms with Crippen molar-refractivity contribution in [1.82, 2.24) is 15.5 Å². The highest BCUT2D eigenvalue weighted by Crippen LogP contribution is 2.29. The normalized spacial score (nSPS) is 20.9. The monoisotopic (exact) mass is 319 g/mol. The van der Waals surface area contributed by atoms with Gasteiger partial charge >= 0.3 is 0 Å². The van der Waals surface area contributed by atoms with Gasteiger partial charge in [0.15, 0.2) is 9.84 Å². The zero-order chi connectivity index (χ0) is 14.6. The molecule has 1 fully saturated rings. The van der Waals surface area contributed by atoms with Gasteiger partial charge in [-0.2, -0.15) is 0 Å². The van der Waals surface area contributed by atoms with Crippen molar-refractivity contribution in [2.75, 3.05) is 23.8 Å². The number of nitrogens with zero attached hydrogens (tertiary/aromatic N) is 2. The second-order valence-electron chi connectivity index (χ2n) is 4.64. The lowest BCUT2D eigenvalue weighted by molar-refractivity contribution is -0.118. The first-order valence-electron chi connectivity index (χ1n) is 6.43. The predicted octanol–water partition coefficient (Wildman–Crippen LogP) is 0.590. The van der Waals surface area contributed by atoms with E-state index in [0.717, 1.165) is 18.2 Å². The zero-order valence-corrected chi connectivity index (χ0v) is 12.8. The maximum atomic E-state index is 11.4. The Bertz CT molecular complexity index is 570. The highest BCUT2D eigenvalue weighted by Gasteiger charge is 2.32. The Kier molecular flexibility index (Phi) is 5.03. The summed E-state index contributed by atoms with van der Waals surface area (Å²) in [5, 5.41) is 10.8. The third kappa shape index (κ3) is 4.20. The van der Waals surface area contributed by atoms with Crippen LogP contribution in [0.15, 0.2) is 9.64 Å². The zero-order valence-electron chi connectivity index (χ0n) is 11.2. The standard InChI is InChI=1S/C11H17N3O4S2/c1-2-4-12-9(15)6-19-11-14-13-10(18-11)8-3-5-20(16,17)7-8/h8H,2-7H2,1H3,(H,12,15)/t8-/m1/s1. The first-order chi connectivity index (χ1) is 9.50. The molecule has 1 amide bonds. The average molecular weight is 319 g/mol. The summed E-state index contributed by atoms with van der Waals surface area (Å²) in [5.41, 5.74) is 0. The van der Waals surface area contributed by atoms with Crippen molar-refractivity contribution in [2.45, 2.75) is 30.9 Å². The van der Waals surface area contributed by atoms with Gasteiger partial charge in [0.1, 0.15) is 0 Å². The Morgan fingerprint density at radius 2 is 2.30 bits per heavy atom. The molecule has 0 bridgehead atoms. The maximum Gasteiger partial charge on any atom is 0.277 e. The van der Waals surface area contributed by atoms with Crippen LogP contribution in [0.4, 0.5) is 0 Å². The molecule has 0 aliphatic carbocycles. The minimum atomic E-state index is -2.97. The molecule has 2 heterocycles. The molecule has 1 N–H and O–H groups in total. The summed E-state index contributed by atoms with van der Waals surface area (Å²) in [6, 6.07) is 0. The molecule has 1 aliphatic heterocycles. The summed E-state index contributed by atoms with van der Waals surface area (Å²) in [4.78, 5) is 11.4. The molecular formula is C11H17N3O4S2. The molecule has 0 saturated carbocycles. The van der Waals surface area contributed by atoms with Gasteiger partial charge in [-0.25, -0.2) is 8.42 Å². The number of sulfone groups is 1. The van der Waals surface area contributed by atoms with Crippen LogP contribution in [0.2, 0.25) is 0 Å². The number of rotatable bonds is 6. The predicted molar refractivity (Wildman–Crippen MR) is 74.3 cm³/mol. The number of thioether (sulfide) groups is 1. The van der Waals surface area contributed by atoms with Gasteiger partial charge in [-0.05, 0) is 12.8 Å². The van der Waals surface area contributed by atoms with Gasteiger partial charge < -0.3 is 9.73 Å². The molecule has 112 valence electrons. The average Bonchev–Trinajstić information content (AvgIpc) is 3.00. The third-order valence-corrected chi connectivity index (χ3v) is 5.49. The number of amides is 1. The molecule has 1 aliphatic rings. The fraction of sp³-hybridized carbons (Fsp3) is 0.727. The van der Waals surface area contributed by atoms with Gasteiger partial charge in [-0.1, -0.05) is 18.7 Å². The number of hydrogen-bond acceptors (Lipinski definition) is 7. The summed E-state index contributed by atoms with van der Waals surface area (Å²) >= 11 is 1.16. The van der Waals surface area contributed by atoms with E-state index in [-0.39, 0.29) is 29.1 Å². The number of hydrogen-bond donors (Lipinski definition) is 1. The number of carbonyl (C=O) groups is 1. The fourth-order valence-corrected chi connectivity index (χ4v) is 4.21. The van der Waals surface area contributed by atoms with Gasteiger partial charge in [0.25, 0.3) is 5.22 Å². The first-order valence-corrected chi connectivity index (χ1v) is 9.24. The van der Waals surface area contributed by atoms with Crippen molar-refractivity contribution in [3.8, 4) is 0 Å². The van der Waals surface area contributed by atoms with Crippen LogP contribution in [0.1, 0.15) is 31.6 Å². The molecule has 9 heteroatoms. The van der Waals surface area contributed by atoms with Crippen LogP contribution in [0, 0.1) is 0 Å². The van der Waals surface area contributed by atoms with Gasteiger partial charge in [0.2, 0.25) is 11.8 Å². The molecule has 7 nitrogen and oxygen atoms in total. The van der Waals surface area contributed by atoms with Crippen LogP contribution >= 0.6 is 11.8 Å². The summed E-state index contributed by atoms with van der Waals surface area (Å²) in [6.07, 6.45) is 1.41. The van der Waals surface area contributed by atoms with Gasteiger partial charge in [-0.15, -0.1) is 10.2 Å². The second kappa shape index (κ2) is 6.57. The Labute approximate surface area is 121 Å². The number of aromatic nitrogens is 2. The molecular weight excluding hydrogens is 302 g/mol. The van der Waals surface area contributed by atoms with Crippen LogP contribution in [0.25, 0.3) is 0 Å². The lowest BCUT2D eigenvalue weighted by Gasteiger charge is -2.01. The van der Waals surface area contributed by atoms with Gasteiger partial charge in [-0.3, -0.25) is 4.79 Å². The van der Waals surface area contributed by atoms with E-state index < -0.39 is 9.84 Å². The number of nitrogens with one attached hydrogen (secondary N) is 1. The Hall–Kier alpha value is -1.09. The smallest absolute Gasteiger partial charge is 0.277 e. The SMILES string of the molecule is CCCNC(=O)CSc1nnc([C@@H]2CCS(=O)(=O)C2)o1. The topological polar surface area (TPSA) is 102 Å². The molecule has 0 aromatic carbocycles. The van der Waals surface area contributed by atoms with Crippen molar-refractivity contribution in [3.63, 3.8) is 0 Å². The van der Waals surface area contributed by atoms with Crippen molar-refractivity contribution in [2.24, 2.45) is 0 Å². The van der Waals surface area contributed by atoms with Crippen molar-refractivity contribution >= 4 is 27.5 Å². The summed E-state index contributed by atoms with van der Waals surface area (Å²) in [6.45, 7) is 2.63. The molecule has 1 aromatic rings. The molecule has 1 atom stereocenters. The number of carbonyl (C=O) groups excluding carboxylic acids is 1. The quantitative estimate of drug-likeness (QED) is 0.765. The molecule has 2 rings (SSSR count). The summed E-state index contributed by atoms with van der Waals surface area (Å²) < 4.78 is 28.2. The third-order valence-electron chi connectivity index (χ3n) is 2.90. The van der Waals surface area contributed by atoms with E-state index in [2.05, 4.69) is 15.5 Å². The molecule has 1 aromatic heterocycles. The first kappa shape index (κ1) is 15.3. The minimum absolute atomic E-state index is 0.0658. The largest absolute Gasteiger partial charge is 0.416 e. The van der Waals surface area contributed by atoms with E-state index in [1.807, 2.05) is 6.92 Å². The van der Waals surface area contributed by atoms with Crippen molar-refractivity contribution < 1.29 is 17.6 Å². The van der Waals surface area contributed by atoms with E-state index in [0.29, 0.717) is 24.1 Å². The van der Waals surface area contributed by atoms with Crippen LogP contribution < -0.4 is 5.32 Å². The van der Waals surface area contributed by atoms with Crippen molar-refractivity contribution in [1.29, 1.82) is 0 Å². The lowest BCUT2D eigenvalue weighted by Crippen LogP contribution is -2.25. The Morgan fingerprint density at radius 3 is 2.95 bits per heavy atom. The van der Waals surface area contributed by atoms with Gasteiger partial charge in [0.05, 0.1) is 23.2 Å². The molecule has 20 heavy (non-hydrogen) atoms. The molecule has 0 unspecified atom stereocenters. The van der Waals surface area contributed by atoms with E-state index in [4.69, 9.17) is 4.42 Å². The van der Waals surface area contributed by atoms with Crippen molar-refractivity contribution in [3.05, 3.63) is 5.89 Å². The Morgan fingerprint density at radius 1 is 1.50 bits per heavy atom. The fourth-order valence-electron chi connectivity index (χ4n) is 1.88. The Balaban J connectivity index is 1.85. The molecule has 0 radical (unpaired) electrons. The highest BCUT2D eigenvalue weighted by molar-refractivity contribution is 7.99. The van der Waals surface area contributed by atoms with Crippen LogP contribution in [0.3, 0.4) is 0 Å². The summed E-state index contributed by atoms with van der Waals surface area (Å²) in [7, 11) is -2.97. The van der Waals surface area contributed by atoms with E-state index in [1.54, 1.807) is 0 Å². The highest BCUT2D eigenvalue weighted by atomic mass is 32.2. The second-order valence-corrected chi connectivity index (χ2v) is 7.80. The lowest BCUT2D eigenvalue weighted by atomic mass is 10.1. The molecule has 0 spiro atoms. The van der Waals surface area contributed by atoms with Crippen LogP contribution in [-0.2, 0) is 14.6 Å².